The molecule has 0 aliphatic heterocycles. The molecule has 3 aromatic rings. The lowest BCUT2D eigenvalue weighted by molar-refractivity contribution is 1.21. The summed E-state index contributed by atoms with van der Waals surface area (Å²) in [4.78, 5) is 10.6. The molecule has 0 amide bonds. The van der Waals surface area contributed by atoms with Crippen molar-refractivity contribution in [3.05, 3.63) is 82.4 Å². The van der Waals surface area contributed by atoms with Crippen molar-refractivity contribution in [3.63, 3.8) is 0 Å². The first-order valence-corrected chi connectivity index (χ1v) is 7.69. The SMILES string of the molecule is Cc1nc(N=C(c2ccccc2)c2ccccc2)sc1C. The predicted octanol–water partition coefficient (Wildman–Crippen LogP) is 4.93. The first-order chi connectivity index (χ1) is 10.2. The molecular formula is C18H16N2S. The van der Waals surface area contributed by atoms with Crippen LogP contribution < -0.4 is 0 Å². The van der Waals surface area contributed by atoms with Crippen LogP contribution >= 0.6 is 11.3 Å². The van der Waals surface area contributed by atoms with Gasteiger partial charge in [0.25, 0.3) is 0 Å². The Kier molecular flexibility index (Phi) is 3.93. The summed E-state index contributed by atoms with van der Waals surface area (Å²) in [5, 5.41) is 0.813. The van der Waals surface area contributed by atoms with Crippen LogP contribution in [0.15, 0.2) is 65.7 Å². The summed E-state index contributed by atoms with van der Waals surface area (Å²) in [7, 11) is 0. The average Bonchev–Trinajstić information content (AvgIpc) is 2.85. The molecule has 1 aromatic heterocycles. The van der Waals surface area contributed by atoms with Crippen LogP contribution in [0, 0.1) is 13.8 Å². The average molecular weight is 292 g/mol. The third-order valence-electron chi connectivity index (χ3n) is 3.32. The molecule has 2 aromatic carbocycles. The van der Waals surface area contributed by atoms with Crippen LogP contribution in [0.3, 0.4) is 0 Å². The van der Waals surface area contributed by atoms with Crippen molar-refractivity contribution in [3.8, 4) is 0 Å². The topological polar surface area (TPSA) is 25.2 Å². The molecule has 1 heterocycles. The minimum Gasteiger partial charge on any atom is -0.223 e. The third kappa shape index (κ3) is 3.09. The van der Waals surface area contributed by atoms with Gasteiger partial charge < -0.3 is 0 Å². The molecule has 2 nitrogen and oxygen atoms in total. The van der Waals surface area contributed by atoms with Gasteiger partial charge in [-0.25, -0.2) is 9.98 Å². The van der Waals surface area contributed by atoms with Gasteiger partial charge in [0.2, 0.25) is 5.13 Å². The first-order valence-electron chi connectivity index (χ1n) is 6.87. The lowest BCUT2D eigenvalue weighted by atomic mass is 10.0. The fourth-order valence-corrected chi connectivity index (χ4v) is 2.87. The Hall–Kier alpha value is -2.26. The van der Waals surface area contributed by atoms with Crippen molar-refractivity contribution in [2.45, 2.75) is 13.8 Å². The number of nitrogens with zero attached hydrogens (tertiary/aromatic N) is 2. The normalized spacial score (nSPS) is 10.4. The zero-order chi connectivity index (χ0) is 14.7. The highest BCUT2D eigenvalue weighted by Gasteiger charge is 2.09. The number of hydrogen-bond acceptors (Lipinski definition) is 3. The molecule has 104 valence electrons. The number of rotatable bonds is 3. The van der Waals surface area contributed by atoms with E-state index >= 15 is 0 Å². The van der Waals surface area contributed by atoms with Gasteiger partial charge in [-0.2, -0.15) is 0 Å². The van der Waals surface area contributed by atoms with Crippen LogP contribution in [0.5, 0.6) is 0 Å². The number of hydrogen-bond donors (Lipinski definition) is 0. The molecule has 0 saturated carbocycles. The summed E-state index contributed by atoms with van der Waals surface area (Å²) < 4.78 is 0. The van der Waals surface area contributed by atoms with E-state index in [1.807, 2.05) is 43.3 Å². The predicted molar refractivity (Wildman–Crippen MR) is 89.8 cm³/mol. The van der Waals surface area contributed by atoms with Crippen molar-refractivity contribution in [1.29, 1.82) is 0 Å². The monoisotopic (exact) mass is 292 g/mol. The van der Waals surface area contributed by atoms with Crippen molar-refractivity contribution >= 4 is 22.2 Å². The van der Waals surface area contributed by atoms with Gasteiger partial charge in [0.1, 0.15) is 0 Å². The highest BCUT2D eigenvalue weighted by atomic mass is 32.1. The Morgan fingerprint density at radius 2 is 1.38 bits per heavy atom. The second kappa shape index (κ2) is 6.02. The second-order valence-electron chi connectivity index (χ2n) is 4.83. The summed E-state index contributed by atoms with van der Waals surface area (Å²) in [6, 6.07) is 20.5. The van der Waals surface area contributed by atoms with E-state index in [4.69, 9.17) is 4.99 Å². The van der Waals surface area contributed by atoms with Crippen LogP contribution in [0.4, 0.5) is 5.13 Å². The Morgan fingerprint density at radius 3 is 1.81 bits per heavy atom. The molecule has 0 bridgehead atoms. The quantitative estimate of drug-likeness (QED) is 0.628. The van der Waals surface area contributed by atoms with E-state index < -0.39 is 0 Å². The molecule has 0 atom stereocenters. The summed E-state index contributed by atoms with van der Waals surface area (Å²) in [6.07, 6.45) is 0. The minimum absolute atomic E-state index is 0.813. The molecule has 0 radical (unpaired) electrons. The van der Waals surface area contributed by atoms with E-state index in [2.05, 4.69) is 36.2 Å². The van der Waals surface area contributed by atoms with Gasteiger partial charge in [0, 0.05) is 16.0 Å². The molecule has 0 saturated heterocycles. The molecular weight excluding hydrogens is 276 g/mol. The molecule has 0 fully saturated rings. The Morgan fingerprint density at radius 1 is 0.857 bits per heavy atom. The zero-order valence-electron chi connectivity index (χ0n) is 12.1. The van der Waals surface area contributed by atoms with Gasteiger partial charge in [-0.05, 0) is 13.8 Å². The molecule has 0 aliphatic rings. The standard InChI is InChI=1S/C18H16N2S/c1-13-14(2)21-18(19-13)20-17(15-9-5-3-6-10-15)16-11-7-4-8-12-16/h3-12H,1-2H3. The van der Waals surface area contributed by atoms with E-state index in [0.29, 0.717) is 0 Å². The molecule has 0 unspecified atom stereocenters. The number of aromatic nitrogens is 1. The van der Waals surface area contributed by atoms with E-state index in [0.717, 1.165) is 27.7 Å². The summed E-state index contributed by atoms with van der Waals surface area (Å²) in [6.45, 7) is 4.10. The number of aliphatic imine (C=N–C) groups is 1. The van der Waals surface area contributed by atoms with E-state index in [-0.39, 0.29) is 0 Å². The maximum absolute atomic E-state index is 4.80. The minimum atomic E-state index is 0.813. The van der Waals surface area contributed by atoms with Gasteiger partial charge in [0.15, 0.2) is 0 Å². The third-order valence-corrected chi connectivity index (χ3v) is 4.29. The van der Waals surface area contributed by atoms with Gasteiger partial charge >= 0.3 is 0 Å². The largest absolute Gasteiger partial charge is 0.223 e. The molecule has 3 heteroatoms. The molecule has 3 rings (SSSR count). The molecule has 21 heavy (non-hydrogen) atoms. The highest BCUT2D eigenvalue weighted by Crippen LogP contribution is 2.26. The van der Waals surface area contributed by atoms with Crippen molar-refractivity contribution in [1.82, 2.24) is 4.98 Å². The maximum atomic E-state index is 4.80. The Bertz CT molecular complexity index is 697. The fourth-order valence-electron chi connectivity index (χ4n) is 2.09. The molecule has 0 aliphatic carbocycles. The summed E-state index contributed by atoms with van der Waals surface area (Å²) in [5.74, 6) is 0. The maximum Gasteiger partial charge on any atom is 0.210 e. The number of benzene rings is 2. The molecule has 0 N–H and O–H groups in total. The van der Waals surface area contributed by atoms with Crippen molar-refractivity contribution in [2.24, 2.45) is 4.99 Å². The van der Waals surface area contributed by atoms with Crippen molar-refractivity contribution in [2.75, 3.05) is 0 Å². The zero-order valence-corrected chi connectivity index (χ0v) is 12.9. The number of aryl methyl sites for hydroxylation is 2. The van der Waals surface area contributed by atoms with Crippen molar-refractivity contribution < 1.29 is 0 Å². The van der Waals surface area contributed by atoms with Gasteiger partial charge in [0.05, 0.1) is 11.4 Å². The fraction of sp³-hybridized carbons (Fsp3) is 0.111. The van der Waals surface area contributed by atoms with Crippen LogP contribution in [-0.4, -0.2) is 10.7 Å². The Labute approximate surface area is 128 Å². The van der Waals surface area contributed by atoms with Crippen LogP contribution in [-0.2, 0) is 0 Å². The van der Waals surface area contributed by atoms with Gasteiger partial charge in [-0.1, -0.05) is 72.0 Å². The lowest BCUT2D eigenvalue weighted by Crippen LogP contribution is -2.02. The Balaban J connectivity index is 2.13. The second-order valence-corrected chi connectivity index (χ2v) is 6.01. The van der Waals surface area contributed by atoms with E-state index in [1.165, 1.54) is 4.88 Å². The number of thiazole rings is 1. The van der Waals surface area contributed by atoms with Gasteiger partial charge in [-0.15, -0.1) is 0 Å². The van der Waals surface area contributed by atoms with E-state index in [9.17, 15) is 0 Å². The van der Waals surface area contributed by atoms with Crippen LogP contribution in [0.1, 0.15) is 21.7 Å². The lowest BCUT2D eigenvalue weighted by Gasteiger charge is -2.06. The highest BCUT2D eigenvalue weighted by molar-refractivity contribution is 7.15. The van der Waals surface area contributed by atoms with Gasteiger partial charge in [-0.3, -0.25) is 0 Å². The van der Waals surface area contributed by atoms with E-state index in [1.54, 1.807) is 11.3 Å². The summed E-state index contributed by atoms with van der Waals surface area (Å²) >= 11 is 1.63. The first kappa shape index (κ1) is 13.7. The van der Waals surface area contributed by atoms with Crippen LogP contribution in [0.25, 0.3) is 0 Å². The molecule has 0 spiro atoms. The smallest absolute Gasteiger partial charge is 0.210 e. The summed E-state index contributed by atoms with van der Waals surface area (Å²) in [5.41, 5.74) is 4.23. The van der Waals surface area contributed by atoms with Crippen LogP contribution in [0.2, 0.25) is 0 Å².